The van der Waals surface area contributed by atoms with Gasteiger partial charge in [-0.2, -0.15) is 0 Å². The van der Waals surface area contributed by atoms with Crippen LogP contribution in [0.1, 0.15) is 12.8 Å². The molecule has 0 amide bonds. The fourth-order valence-electron chi connectivity index (χ4n) is 2.80. The van der Waals surface area contributed by atoms with Crippen LogP contribution in [0.2, 0.25) is 0 Å². The Balaban J connectivity index is 1.62. The van der Waals surface area contributed by atoms with Gasteiger partial charge in [0.1, 0.15) is 0 Å². The molecular formula is C13H27N3O2. The van der Waals surface area contributed by atoms with Crippen molar-refractivity contribution in [1.29, 1.82) is 0 Å². The minimum absolute atomic E-state index is 0.240. The molecule has 5 nitrogen and oxygen atoms in total. The second-order valence-corrected chi connectivity index (χ2v) is 5.27. The van der Waals surface area contributed by atoms with E-state index in [1.807, 2.05) is 0 Å². The summed E-state index contributed by atoms with van der Waals surface area (Å²) in [7, 11) is 0. The molecule has 0 aliphatic carbocycles. The molecule has 1 unspecified atom stereocenters. The van der Waals surface area contributed by atoms with Gasteiger partial charge >= 0.3 is 0 Å². The Labute approximate surface area is 110 Å². The lowest BCUT2D eigenvalue weighted by molar-refractivity contribution is 0.0315. The molecule has 5 heteroatoms. The highest BCUT2D eigenvalue weighted by molar-refractivity contribution is 4.78. The van der Waals surface area contributed by atoms with Crippen molar-refractivity contribution in [2.45, 2.75) is 18.9 Å². The van der Waals surface area contributed by atoms with Gasteiger partial charge < -0.3 is 20.1 Å². The summed E-state index contributed by atoms with van der Waals surface area (Å²) < 4.78 is 5.36. The minimum atomic E-state index is 0.240. The fraction of sp³-hybridized carbons (Fsp3) is 1.00. The standard InChI is InChI=1S/C13H27N3O2/c17-9-3-14-13-2-1-4-16(12-13)6-5-15-7-10-18-11-8-15/h13-14,17H,1-12H2. The summed E-state index contributed by atoms with van der Waals surface area (Å²) in [6.45, 7) is 9.59. The van der Waals surface area contributed by atoms with Gasteiger partial charge in [-0.1, -0.05) is 0 Å². The van der Waals surface area contributed by atoms with E-state index in [-0.39, 0.29) is 6.61 Å². The number of likely N-dealkylation sites (tertiary alicyclic amines) is 1. The molecule has 0 aromatic carbocycles. The predicted molar refractivity (Wildman–Crippen MR) is 71.8 cm³/mol. The quantitative estimate of drug-likeness (QED) is 0.663. The molecule has 18 heavy (non-hydrogen) atoms. The first-order chi connectivity index (χ1) is 8.88. The molecule has 2 N–H and O–H groups in total. The molecule has 2 aliphatic heterocycles. The Morgan fingerprint density at radius 3 is 2.67 bits per heavy atom. The monoisotopic (exact) mass is 257 g/mol. The molecule has 0 spiro atoms. The van der Waals surface area contributed by atoms with E-state index < -0.39 is 0 Å². The third-order valence-corrected chi connectivity index (χ3v) is 3.89. The average molecular weight is 257 g/mol. The van der Waals surface area contributed by atoms with E-state index in [2.05, 4.69) is 15.1 Å². The van der Waals surface area contributed by atoms with Crippen LogP contribution in [0.25, 0.3) is 0 Å². The summed E-state index contributed by atoms with van der Waals surface area (Å²) in [5.74, 6) is 0. The number of nitrogens with zero attached hydrogens (tertiary/aromatic N) is 2. The summed E-state index contributed by atoms with van der Waals surface area (Å²) in [6.07, 6.45) is 2.51. The van der Waals surface area contributed by atoms with Crippen LogP contribution in [0.15, 0.2) is 0 Å². The number of rotatable bonds is 6. The Hall–Kier alpha value is -0.200. The summed E-state index contributed by atoms with van der Waals surface area (Å²) >= 11 is 0. The first-order valence-electron chi connectivity index (χ1n) is 7.25. The largest absolute Gasteiger partial charge is 0.395 e. The minimum Gasteiger partial charge on any atom is -0.395 e. The van der Waals surface area contributed by atoms with Gasteiger partial charge in [0.15, 0.2) is 0 Å². The van der Waals surface area contributed by atoms with Crippen LogP contribution in [-0.4, -0.2) is 86.6 Å². The van der Waals surface area contributed by atoms with Crippen molar-refractivity contribution in [2.75, 3.05) is 65.6 Å². The van der Waals surface area contributed by atoms with E-state index in [1.54, 1.807) is 0 Å². The maximum absolute atomic E-state index is 8.84. The lowest BCUT2D eigenvalue weighted by Crippen LogP contribution is -2.49. The van der Waals surface area contributed by atoms with Gasteiger partial charge in [0, 0.05) is 45.3 Å². The molecule has 106 valence electrons. The maximum atomic E-state index is 8.84. The molecule has 2 rings (SSSR count). The van der Waals surface area contributed by atoms with E-state index in [0.717, 1.165) is 52.5 Å². The second kappa shape index (κ2) is 8.07. The van der Waals surface area contributed by atoms with Crippen molar-refractivity contribution >= 4 is 0 Å². The summed E-state index contributed by atoms with van der Waals surface area (Å²) in [6, 6.07) is 0.565. The highest BCUT2D eigenvalue weighted by Crippen LogP contribution is 2.10. The zero-order valence-electron chi connectivity index (χ0n) is 11.3. The lowest BCUT2D eigenvalue weighted by atomic mass is 10.1. The zero-order chi connectivity index (χ0) is 12.6. The van der Waals surface area contributed by atoms with Crippen LogP contribution in [-0.2, 0) is 4.74 Å². The van der Waals surface area contributed by atoms with E-state index >= 15 is 0 Å². The van der Waals surface area contributed by atoms with Crippen LogP contribution in [0.4, 0.5) is 0 Å². The topological polar surface area (TPSA) is 48.0 Å². The van der Waals surface area contributed by atoms with Gasteiger partial charge in [-0.25, -0.2) is 0 Å². The van der Waals surface area contributed by atoms with E-state index in [0.29, 0.717) is 6.04 Å². The van der Waals surface area contributed by atoms with Crippen molar-refractivity contribution in [3.8, 4) is 0 Å². The van der Waals surface area contributed by atoms with Crippen LogP contribution in [0.5, 0.6) is 0 Å². The summed E-state index contributed by atoms with van der Waals surface area (Å²) in [4.78, 5) is 5.04. The van der Waals surface area contributed by atoms with Gasteiger partial charge in [0.05, 0.1) is 19.8 Å². The Bertz CT molecular complexity index is 222. The van der Waals surface area contributed by atoms with Crippen molar-refractivity contribution < 1.29 is 9.84 Å². The highest BCUT2D eigenvalue weighted by atomic mass is 16.5. The molecule has 0 aromatic heterocycles. The van der Waals surface area contributed by atoms with E-state index in [4.69, 9.17) is 9.84 Å². The fourth-order valence-corrected chi connectivity index (χ4v) is 2.80. The molecule has 0 bridgehead atoms. The lowest BCUT2D eigenvalue weighted by Gasteiger charge is -2.35. The summed E-state index contributed by atoms with van der Waals surface area (Å²) in [5.41, 5.74) is 0. The van der Waals surface area contributed by atoms with Crippen LogP contribution in [0.3, 0.4) is 0 Å². The number of hydrogen-bond acceptors (Lipinski definition) is 5. The highest BCUT2D eigenvalue weighted by Gasteiger charge is 2.20. The Kier molecular flexibility index (Phi) is 6.37. The first kappa shape index (κ1) is 14.2. The van der Waals surface area contributed by atoms with Crippen molar-refractivity contribution in [3.05, 3.63) is 0 Å². The molecule has 0 aromatic rings. The molecule has 2 heterocycles. The molecule has 0 radical (unpaired) electrons. The third-order valence-electron chi connectivity index (χ3n) is 3.89. The van der Waals surface area contributed by atoms with Crippen LogP contribution in [0, 0.1) is 0 Å². The van der Waals surface area contributed by atoms with E-state index in [1.165, 1.54) is 19.4 Å². The number of piperidine rings is 1. The van der Waals surface area contributed by atoms with Gasteiger partial charge in [-0.05, 0) is 19.4 Å². The van der Waals surface area contributed by atoms with Crippen molar-refractivity contribution in [1.82, 2.24) is 15.1 Å². The molecule has 0 saturated carbocycles. The van der Waals surface area contributed by atoms with Crippen molar-refractivity contribution in [3.63, 3.8) is 0 Å². The molecule has 2 aliphatic rings. The Morgan fingerprint density at radius 1 is 1.11 bits per heavy atom. The normalized spacial score (nSPS) is 27.5. The van der Waals surface area contributed by atoms with E-state index in [9.17, 15) is 0 Å². The number of aliphatic hydroxyl groups is 1. The van der Waals surface area contributed by atoms with Gasteiger partial charge in [0.25, 0.3) is 0 Å². The molecular weight excluding hydrogens is 230 g/mol. The second-order valence-electron chi connectivity index (χ2n) is 5.27. The van der Waals surface area contributed by atoms with Gasteiger partial charge in [-0.15, -0.1) is 0 Å². The zero-order valence-corrected chi connectivity index (χ0v) is 11.3. The number of hydrogen-bond donors (Lipinski definition) is 2. The van der Waals surface area contributed by atoms with Crippen LogP contribution < -0.4 is 5.32 Å². The predicted octanol–water partition coefficient (Wildman–Crippen LogP) is -0.635. The number of aliphatic hydroxyl groups excluding tert-OH is 1. The van der Waals surface area contributed by atoms with Gasteiger partial charge in [-0.3, -0.25) is 4.90 Å². The van der Waals surface area contributed by atoms with Crippen LogP contribution >= 0.6 is 0 Å². The number of morpholine rings is 1. The van der Waals surface area contributed by atoms with Gasteiger partial charge in [0.2, 0.25) is 0 Å². The SMILES string of the molecule is OCCNC1CCCN(CCN2CCOCC2)C1. The van der Waals surface area contributed by atoms with Crippen molar-refractivity contribution in [2.24, 2.45) is 0 Å². The molecule has 2 fully saturated rings. The number of ether oxygens (including phenoxy) is 1. The molecule has 1 atom stereocenters. The molecule has 2 saturated heterocycles. The summed E-state index contributed by atoms with van der Waals surface area (Å²) in [5, 5.41) is 12.3. The maximum Gasteiger partial charge on any atom is 0.0594 e. The third kappa shape index (κ3) is 4.82. The number of nitrogens with one attached hydrogen (secondary N) is 1. The Morgan fingerprint density at radius 2 is 1.89 bits per heavy atom. The average Bonchev–Trinajstić information content (AvgIpc) is 2.44. The first-order valence-corrected chi connectivity index (χ1v) is 7.25. The smallest absolute Gasteiger partial charge is 0.0594 e.